The molecule has 0 bridgehead atoms. The molecule has 1 rings (SSSR count). The summed E-state index contributed by atoms with van der Waals surface area (Å²) in [5.74, 6) is 0.309. The molecule has 0 aromatic rings. The standard InChI is InChI=1S/C5H7N3O/c6-8-7-3-5(9)4-1-2-4/h4H,1-3H2. The van der Waals surface area contributed by atoms with E-state index in [1.807, 2.05) is 0 Å². The zero-order valence-electron chi connectivity index (χ0n) is 4.95. The second-order valence-corrected chi connectivity index (χ2v) is 2.13. The lowest BCUT2D eigenvalue weighted by molar-refractivity contribution is -0.118. The Kier molecular flexibility index (Phi) is 1.70. The van der Waals surface area contributed by atoms with Crippen LogP contribution in [-0.4, -0.2) is 12.3 Å². The van der Waals surface area contributed by atoms with E-state index in [0.29, 0.717) is 0 Å². The normalized spacial score (nSPS) is 16.4. The molecule has 1 aliphatic rings. The summed E-state index contributed by atoms with van der Waals surface area (Å²) in [7, 11) is 0. The van der Waals surface area contributed by atoms with Crippen molar-refractivity contribution in [3.8, 4) is 0 Å². The first kappa shape index (κ1) is 6.11. The van der Waals surface area contributed by atoms with Crippen molar-refractivity contribution in [2.24, 2.45) is 11.0 Å². The lowest BCUT2D eigenvalue weighted by Crippen LogP contribution is -2.02. The van der Waals surface area contributed by atoms with Crippen molar-refractivity contribution in [3.63, 3.8) is 0 Å². The Bertz CT molecular complexity index is 167. The van der Waals surface area contributed by atoms with Crippen molar-refractivity contribution in [3.05, 3.63) is 10.4 Å². The molecule has 9 heavy (non-hydrogen) atoms. The molecule has 0 aromatic carbocycles. The van der Waals surface area contributed by atoms with Crippen molar-refractivity contribution in [1.29, 1.82) is 0 Å². The summed E-state index contributed by atoms with van der Waals surface area (Å²) in [4.78, 5) is 13.2. The minimum Gasteiger partial charge on any atom is -0.299 e. The van der Waals surface area contributed by atoms with E-state index >= 15 is 0 Å². The van der Waals surface area contributed by atoms with Crippen LogP contribution in [0.25, 0.3) is 10.4 Å². The van der Waals surface area contributed by atoms with Crippen molar-refractivity contribution in [2.45, 2.75) is 12.8 Å². The summed E-state index contributed by atoms with van der Waals surface area (Å²) in [6.45, 7) is 0.0428. The maximum atomic E-state index is 10.7. The molecule has 0 saturated heterocycles. The van der Waals surface area contributed by atoms with Crippen molar-refractivity contribution < 1.29 is 4.79 Å². The Labute approximate surface area is 52.5 Å². The number of carbonyl (C=O) groups is 1. The molecule has 48 valence electrons. The quantitative estimate of drug-likeness (QED) is 0.318. The molecule has 1 fully saturated rings. The molecule has 0 aromatic heterocycles. The fraction of sp³-hybridized carbons (Fsp3) is 0.800. The van der Waals surface area contributed by atoms with Crippen LogP contribution in [0, 0.1) is 5.92 Å². The lowest BCUT2D eigenvalue weighted by atomic mass is 10.3. The highest BCUT2D eigenvalue weighted by atomic mass is 16.1. The zero-order valence-corrected chi connectivity index (χ0v) is 4.95. The second kappa shape index (κ2) is 2.51. The molecule has 1 saturated carbocycles. The number of azide groups is 1. The van der Waals surface area contributed by atoms with Crippen molar-refractivity contribution >= 4 is 5.78 Å². The van der Waals surface area contributed by atoms with E-state index in [2.05, 4.69) is 10.0 Å². The number of carbonyl (C=O) groups excluding carboxylic acids is 1. The smallest absolute Gasteiger partial charge is 0.141 e. The van der Waals surface area contributed by atoms with Crippen LogP contribution in [0.15, 0.2) is 5.11 Å². The van der Waals surface area contributed by atoms with Gasteiger partial charge in [-0.05, 0) is 18.4 Å². The third-order valence-electron chi connectivity index (χ3n) is 1.32. The Hall–Kier alpha value is -1.02. The van der Waals surface area contributed by atoms with E-state index in [4.69, 9.17) is 5.53 Å². The maximum absolute atomic E-state index is 10.7. The molecular formula is C5H7N3O. The van der Waals surface area contributed by atoms with Gasteiger partial charge in [0, 0.05) is 10.8 Å². The van der Waals surface area contributed by atoms with Gasteiger partial charge in [0.05, 0.1) is 6.54 Å². The van der Waals surface area contributed by atoms with E-state index in [1.54, 1.807) is 0 Å². The second-order valence-electron chi connectivity index (χ2n) is 2.13. The molecule has 0 radical (unpaired) electrons. The van der Waals surface area contributed by atoms with Crippen LogP contribution in [0.2, 0.25) is 0 Å². The van der Waals surface area contributed by atoms with Gasteiger partial charge in [0.2, 0.25) is 0 Å². The molecule has 0 amide bonds. The summed E-state index contributed by atoms with van der Waals surface area (Å²) in [5.41, 5.74) is 7.82. The number of rotatable bonds is 3. The SMILES string of the molecule is [N-]=[N+]=NCC(=O)C1CC1. The molecule has 0 N–H and O–H groups in total. The summed E-state index contributed by atoms with van der Waals surface area (Å²) >= 11 is 0. The van der Waals surface area contributed by atoms with Crippen LogP contribution >= 0.6 is 0 Å². The van der Waals surface area contributed by atoms with Crippen molar-refractivity contribution in [1.82, 2.24) is 0 Å². The van der Waals surface area contributed by atoms with Crippen LogP contribution in [-0.2, 0) is 4.79 Å². The van der Waals surface area contributed by atoms with Crippen LogP contribution in [0.4, 0.5) is 0 Å². The maximum Gasteiger partial charge on any atom is 0.141 e. The zero-order chi connectivity index (χ0) is 6.69. The minimum atomic E-state index is 0.0428. The predicted molar refractivity (Wildman–Crippen MR) is 31.7 cm³/mol. The number of nitrogens with zero attached hydrogens (tertiary/aromatic N) is 3. The van der Waals surface area contributed by atoms with Gasteiger partial charge in [-0.15, -0.1) is 0 Å². The minimum absolute atomic E-state index is 0.0428. The van der Waals surface area contributed by atoms with Crippen molar-refractivity contribution in [2.75, 3.05) is 6.54 Å². The van der Waals surface area contributed by atoms with Crippen LogP contribution < -0.4 is 0 Å². The summed E-state index contributed by atoms with van der Waals surface area (Å²) in [6.07, 6.45) is 1.97. The highest BCUT2D eigenvalue weighted by Crippen LogP contribution is 2.29. The number of Topliss-reactive ketones (excluding diaryl/α,β-unsaturated/α-hetero) is 1. The fourth-order valence-electron chi connectivity index (χ4n) is 0.636. The summed E-state index contributed by atoms with van der Waals surface area (Å²) in [5, 5.41) is 3.16. The van der Waals surface area contributed by atoms with E-state index in [-0.39, 0.29) is 18.2 Å². The van der Waals surface area contributed by atoms with Crippen LogP contribution in [0.1, 0.15) is 12.8 Å². The predicted octanol–water partition coefficient (Wildman–Crippen LogP) is 1.28. The number of hydrogen-bond acceptors (Lipinski definition) is 2. The molecule has 4 heteroatoms. The Morgan fingerprint density at radius 1 is 1.78 bits per heavy atom. The van der Waals surface area contributed by atoms with E-state index in [1.165, 1.54) is 0 Å². The van der Waals surface area contributed by atoms with Gasteiger partial charge in [-0.3, -0.25) is 4.79 Å². The third-order valence-corrected chi connectivity index (χ3v) is 1.32. The summed E-state index contributed by atoms with van der Waals surface area (Å²) in [6, 6.07) is 0. The topological polar surface area (TPSA) is 65.8 Å². The highest BCUT2D eigenvalue weighted by molar-refractivity contribution is 5.85. The number of ketones is 1. The monoisotopic (exact) mass is 125 g/mol. The van der Waals surface area contributed by atoms with Gasteiger partial charge in [-0.25, -0.2) is 0 Å². The first-order chi connectivity index (χ1) is 4.34. The van der Waals surface area contributed by atoms with E-state index < -0.39 is 0 Å². The van der Waals surface area contributed by atoms with Gasteiger partial charge in [0.25, 0.3) is 0 Å². The van der Waals surface area contributed by atoms with Gasteiger partial charge in [0.15, 0.2) is 0 Å². The molecular weight excluding hydrogens is 118 g/mol. The van der Waals surface area contributed by atoms with E-state index in [0.717, 1.165) is 12.8 Å². The average molecular weight is 125 g/mol. The molecule has 0 atom stereocenters. The van der Waals surface area contributed by atoms with E-state index in [9.17, 15) is 4.79 Å². The molecule has 1 aliphatic carbocycles. The largest absolute Gasteiger partial charge is 0.299 e. The van der Waals surface area contributed by atoms with Crippen LogP contribution in [0.3, 0.4) is 0 Å². The van der Waals surface area contributed by atoms with Gasteiger partial charge < -0.3 is 0 Å². The third kappa shape index (κ3) is 1.74. The average Bonchev–Trinajstić information content (AvgIpc) is 2.63. The first-order valence-corrected chi connectivity index (χ1v) is 2.88. The van der Waals surface area contributed by atoms with Gasteiger partial charge in [0.1, 0.15) is 5.78 Å². The molecule has 4 nitrogen and oxygen atoms in total. The number of hydrogen-bond donors (Lipinski definition) is 0. The van der Waals surface area contributed by atoms with Gasteiger partial charge in [-0.2, -0.15) is 0 Å². The highest BCUT2D eigenvalue weighted by Gasteiger charge is 2.28. The Morgan fingerprint density at radius 2 is 2.44 bits per heavy atom. The molecule has 0 aliphatic heterocycles. The van der Waals surface area contributed by atoms with Gasteiger partial charge >= 0.3 is 0 Å². The summed E-state index contributed by atoms with van der Waals surface area (Å²) < 4.78 is 0. The Morgan fingerprint density at radius 3 is 2.89 bits per heavy atom. The lowest BCUT2D eigenvalue weighted by Gasteiger charge is -1.85. The Balaban J connectivity index is 2.25. The molecule has 0 heterocycles. The molecule has 0 spiro atoms. The fourth-order valence-corrected chi connectivity index (χ4v) is 0.636. The van der Waals surface area contributed by atoms with Gasteiger partial charge in [-0.1, -0.05) is 5.11 Å². The van der Waals surface area contributed by atoms with Crippen LogP contribution in [0.5, 0.6) is 0 Å². The first-order valence-electron chi connectivity index (χ1n) is 2.88. The molecule has 0 unspecified atom stereocenters.